The molecule has 0 aliphatic rings. The molecule has 0 spiro atoms. The summed E-state index contributed by atoms with van der Waals surface area (Å²) >= 11 is 0. The van der Waals surface area contributed by atoms with Crippen LogP contribution < -0.4 is 11.1 Å². The second-order valence-corrected chi connectivity index (χ2v) is 4.50. The molecule has 0 bridgehead atoms. The number of rotatable bonds is 4. The molecule has 0 saturated carbocycles. The molecule has 0 atom stereocenters. The van der Waals surface area contributed by atoms with E-state index in [1.54, 1.807) is 12.3 Å². The summed E-state index contributed by atoms with van der Waals surface area (Å²) in [5.74, 6) is 1.17. The van der Waals surface area contributed by atoms with Gasteiger partial charge in [0, 0.05) is 24.3 Å². The largest absolute Gasteiger partial charge is 0.384 e. The van der Waals surface area contributed by atoms with Crippen molar-refractivity contribution in [1.82, 2.24) is 15.3 Å². The molecule has 0 amide bonds. The van der Waals surface area contributed by atoms with Crippen LogP contribution in [-0.2, 0) is 6.54 Å². The Balaban J connectivity index is 2.32. The lowest BCUT2D eigenvalue weighted by atomic mass is 10.1. The van der Waals surface area contributed by atoms with Crippen LogP contribution >= 0.6 is 0 Å². The molecule has 4 nitrogen and oxygen atoms in total. The number of hydrogen-bond acceptors (Lipinski definition) is 4. The number of nitrogens with zero attached hydrogens (tertiary/aromatic N) is 2. The molecule has 0 aliphatic heterocycles. The van der Waals surface area contributed by atoms with Crippen molar-refractivity contribution < 1.29 is 0 Å². The van der Waals surface area contributed by atoms with Crippen LogP contribution in [0.25, 0.3) is 11.4 Å². The molecule has 1 heterocycles. The molecule has 3 N–H and O–H groups in total. The smallest absolute Gasteiger partial charge is 0.161 e. The first-order valence-corrected chi connectivity index (χ1v) is 6.07. The number of nitrogen functional groups attached to an aromatic ring is 1. The van der Waals surface area contributed by atoms with Gasteiger partial charge in [-0.1, -0.05) is 38.1 Å². The molecule has 4 heteroatoms. The molecule has 2 rings (SSSR count). The molecular formula is C14H18N4. The topological polar surface area (TPSA) is 63.8 Å². The van der Waals surface area contributed by atoms with Crippen molar-refractivity contribution in [3.05, 3.63) is 42.1 Å². The monoisotopic (exact) mass is 242 g/mol. The molecular weight excluding hydrogens is 224 g/mol. The van der Waals surface area contributed by atoms with Crippen molar-refractivity contribution in [2.24, 2.45) is 0 Å². The van der Waals surface area contributed by atoms with Crippen molar-refractivity contribution in [1.29, 1.82) is 0 Å². The first kappa shape index (κ1) is 12.5. The van der Waals surface area contributed by atoms with Gasteiger partial charge in [-0.05, 0) is 11.6 Å². The van der Waals surface area contributed by atoms with Gasteiger partial charge < -0.3 is 11.1 Å². The molecule has 0 saturated heterocycles. The van der Waals surface area contributed by atoms with Crippen LogP contribution in [0, 0.1) is 0 Å². The number of nitrogens with one attached hydrogen (secondary N) is 1. The molecule has 1 aromatic carbocycles. The minimum Gasteiger partial charge on any atom is -0.384 e. The molecule has 2 aromatic rings. The van der Waals surface area contributed by atoms with Gasteiger partial charge in [0.05, 0.1) is 0 Å². The molecule has 1 aromatic heterocycles. The summed E-state index contributed by atoms with van der Waals surface area (Å²) in [5.41, 5.74) is 7.90. The van der Waals surface area contributed by atoms with Gasteiger partial charge in [0.1, 0.15) is 5.82 Å². The first-order chi connectivity index (χ1) is 8.66. The van der Waals surface area contributed by atoms with Gasteiger partial charge in [0.2, 0.25) is 0 Å². The van der Waals surface area contributed by atoms with E-state index in [1.807, 2.05) is 18.2 Å². The average molecular weight is 242 g/mol. The van der Waals surface area contributed by atoms with E-state index in [4.69, 9.17) is 5.73 Å². The molecule has 0 radical (unpaired) electrons. The first-order valence-electron chi connectivity index (χ1n) is 6.07. The van der Waals surface area contributed by atoms with E-state index in [-0.39, 0.29) is 0 Å². The van der Waals surface area contributed by atoms with Crippen LogP contribution in [0.15, 0.2) is 36.5 Å². The third-order valence-electron chi connectivity index (χ3n) is 2.64. The van der Waals surface area contributed by atoms with Gasteiger partial charge in [-0.2, -0.15) is 0 Å². The predicted octanol–water partition coefficient (Wildman–Crippen LogP) is 2.22. The fraction of sp³-hybridized carbons (Fsp3) is 0.286. The average Bonchev–Trinajstić information content (AvgIpc) is 2.36. The zero-order chi connectivity index (χ0) is 13.0. The number of aromatic nitrogens is 2. The Morgan fingerprint density at radius 2 is 2.00 bits per heavy atom. The van der Waals surface area contributed by atoms with Crippen LogP contribution in [0.3, 0.4) is 0 Å². The normalized spacial score (nSPS) is 10.8. The van der Waals surface area contributed by atoms with Crippen LogP contribution in [0.5, 0.6) is 0 Å². The van der Waals surface area contributed by atoms with Crippen molar-refractivity contribution in [3.63, 3.8) is 0 Å². The number of anilines is 1. The van der Waals surface area contributed by atoms with Crippen LogP contribution in [0.2, 0.25) is 0 Å². The van der Waals surface area contributed by atoms with E-state index in [0.29, 0.717) is 17.7 Å². The standard InChI is InChI=1S/C14H18N4/c1-10(2)17-9-11-5-3-4-6-12(11)14-16-8-7-13(15)18-14/h3-8,10,17H,9H2,1-2H3,(H2,15,16,18). The van der Waals surface area contributed by atoms with Crippen LogP contribution in [0.4, 0.5) is 5.82 Å². The van der Waals surface area contributed by atoms with Gasteiger partial charge in [-0.15, -0.1) is 0 Å². The summed E-state index contributed by atoms with van der Waals surface area (Å²) in [5, 5.41) is 3.40. The lowest BCUT2D eigenvalue weighted by molar-refractivity contribution is 0.589. The molecule has 0 unspecified atom stereocenters. The van der Waals surface area contributed by atoms with Gasteiger partial charge >= 0.3 is 0 Å². The second kappa shape index (κ2) is 5.60. The second-order valence-electron chi connectivity index (χ2n) is 4.50. The summed E-state index contributed by atoms with van der Waals surface area (Å²) in [6.07, 6.45) is 1.68. The Morgan fingerprint density at radius 1 is 1.22 bits per heavy atom. The third-order valence-corrected chi connectivity index (χ3v) is 2.64. The van der Waals surface area contributed by atoms with E-state index < -0.39 is 0 Å². The van der Waals surface area contributed by atoms with Crippen molar-refractivity contribution in [2.75, 3.05) is 5.73 Å². The molecule has 0 aliphatic carbocycles. The maximum Gasteiger partial charge on any atom is 0.161 e. The highest BCUT2D eigenvalue weighted by Gasteiger charge is 2.07. The summed E-state index contributed by atoms with van der Waals surface area (Å²) in [7, 11) is 0. The van der Waals surface area contributed by atoms with Crippen LogP contribution in [0.1, 0.15) is 19.4 Å². The van der Waals surface area contributed by atoms with E-state index in [2.05, 4.69) is 35.2 Å². The quantitative estimate of drug-likeness (QED) is 0.863. The number of benzene rings is 1. The zero-order valence-corrected chi connectivity index (χ0v) is 10.7. The van der Waals surface area contributed by atoms with E-state index >= 15 is 0 Å². The van der Waals surface area contributed by atoms with Gasteiger partial charge in [-0.25, -0.2) is 9.97 Å². The Bertz CT molecular complexity index is 523. The highest BCUT2D eigenvalue weighted by molar-refractivity contribution is 5.61. The lowest BCUT2D eigenvalue weighted by Gasteiger charge is -2.11. The Kier molecular flexibility index (Phi) is 3.89. The fourth-order valence-corrected chi connectivity index (χ4v) is 1.71. The summed E-state index contributed by atoms with van der Waals surface area (Å²) in [4.78, 5) is 8.55. The SMILES string of the molecule is CC(C)NCc1ccccc1-c1nccc(N)n1. The van der Waals surface area contributed by atoms with Crippen LogP contribution in [-0.4, -0.2) is 16.0 Å². The molecule has 18 heavy (non-hydrogen) atoms. The van der Waals surface area contributed by atoms with Gasteiger partial charge in [0.15, 0.2) is 5.82 Å². The van der Waals surface area contributed by atoms with E-state index in [9.17, 15) is 0 Å². The van der Waals surface area contributed by atoms with Crippen molar-refractivity contribution in [2.45, 2.75) is 26.4 Å². The highest BCUT2D eigenvalue weighted by Crippen LogP contribution is 2.20. The van der Waals surface area contributed by atoms with E-state index in [1.165, 1.54) is 5.56 Å². The zero-order valence-electron chi connectivity index (χ0n) is 10.7. The number of hydrogen-bond donors (Lipinski definition) is 2. The summed E-state index contributed by atoms with van der Waals surface area (Å²) in [6, 6.07) is 10.2. The maximum atomic E-state index is 5.70. The maximum absolute atomic E-state index is 5.70. The summed E-state index contributed by atoms with van der Waals surface area (Å²) in [6.45, 7) is 5.05. The van der Waals surface area contributed by atoms with Crippen molar-refractivity contribution >= 4 is 5.82 Å². The Morgan fingerprint density at radius 3 is 2.72 bits per heavy atom. The minimum absolute atomic E-state index is 0.444. The highest BCUT2D eigenvalue weighted by atomic mass is 14.9. The minimum atomic E-state index is 0.444. The van der Waals surface area contributed by atoms with Gasteiger partial charge in [0.25, 0.3) is 0 Å². The fourth-order valence-electron chi connectivity index (χ4n) is 1.71. The molecule has 0 fully saturated rings. The number of nitrogens with two attached hydrogens (primary N) is 1. The molecule has 94 valence electrons. The lowest BCUT2D eigenvalue weighted by Crippen LogP contribution is -2.22. The Hall–Kier alpha value is -1.94. The van der Waals surface area contributed by atoms with E-state index in [0.717, 1.165) is 12.1 Å². The van der Waals surface area contributed by atoms with Gasteiger partial charge in [-0.3, -0.25) is 0 Å². The third kappa shape index (κ3) is 3.05. The van der Waals surface area contributed by atoms with Crippen molar-refractivity contribution in [3.8, 4) is 11.4 Å². The Labute approximate surface area is 107 Å². The summed E-state index contributed by atoms with van der Waals surface area (Å²) < 4.78 is 0. The predicted molar refractivity (Wildman–Crippen MR) is 73.9 cm³/mol.